The molecule has 0 aromatic carbocycles. The lowest BCUT2D eigenvalue weighted by atomic mass is 10.1. The van der Waals surface area contributed by atoms with Crippen LogP contribution in [-0.4, -0.2) is 56.6 Å². The summed E-state index contributed by atoms with van der Waals surface area (Å²) in [6, 6.07) is 0. The zero-order chi connectivity index (χ0) is 11.9. The van der Waals surface area contributed by atoms with E-state index in [9.17, 15) is 0 Å². The van der Waals surface area contributed by atoms with Gasteiger partial charge in [-0.05, 0) is 20.3 Å². The van der Waals surface area contributed by atoms with Gasteiger partial charge in [0.15, 0.2) is 5.79 Å². The molecule has 3 rings (SSSR count). The van der Waals surface area contributed by atoms with Crippen molar-refractivity contribution in [1.82, 2.24) is 0 Å². The molecule has 98 valence electrons. The minimum absolute atomic E-state index is 0.00414. The van der Waals surface area contributed by atoms with Gasteiger partial charge in [0.2, 0.25) is 0 Å². The van der Waals surface area contributed by atoms with Crippen molar-refractivity contribution < 1.29 is 23.7 Å². The Kier molecular flexibility index (Phi) is 3.13. The van der Waals surface area contributed by atoms with Gasteiger partial charge in [-0.15, -0.1) is 0 Å². The monoisotopic (exact) mass is 244 g/mol. The Bertz CT molecular complexity index is 276. The predicted octanol–water partition coefficient (Wildman–Crippen LogP) is 0.711. The van der Waals surface area contributed by atoms with Crippen molar-refractivity contribution in [2.45, 2.75) is 50.5 Å². The molecule has 3 aliphatic rings. The standard InChI is InChI=1S/C12H20O5/c1-12(2)16-7-10(17-12)11-9(3-4-13-11)15-6-8-5-14-8/h8-11H,3-7H2,1-2H3/t8?,9-,10-,11+/m1/s1. The van der Waals surface area contributed by atoms with E-state index in [1.807, 2.05) is 13.8 Å². The summed E-state index contributed by atoms with van der Waals surface area (Å²) in [5.74, 6) is -0.499. The molecule has 3 fully saturated rings. The quantitative estimate of drug-likeness (QED) is 0.682. The molecule has 17 heavy (non-hydrogen) atoms. The van der Waals surface area contributed by atoms with Crippen LogP contribution >= 0.6 is 0 Å². The Hall–Kier alpha value is -0.200. The SMILES string of the molecule is CC1(C)OC[C@H]([C@H]2OCC[C@H]2OCC2CO2)O1. The third kappa shape index (κ3) is 2.80. The molecule has 0 bridgehead atoms. The lowest BCUT2D eigenvalue weighted by Gasteiger charge is -2.24. The number of hydrogen-bond acceptors (Lipinski definition) is 5. The van der Waals surface area contributed by atoms with Crippen LogP contribution in [0.25, 0.3) is 0 Å². The average molecular weight is 244 g/mol. The fourth-order valence-electron chi connectivity index (χ4n) is 2.39. The van der Waals surface area contributed by atoms with Gasteiger partial charge in [0.05, 0.1) is 25.9 Å². The zero-order valence-electron chi connectivity index (χ0n) is 10.4. The van der Waals surface area contributed by atoms with Gasteiger partial charge in [-0.25, -0.2) is 0 Å². The van der Waals surface area contributed by atoms with Crippen molar-refractivity contribution in [3.8, 4) is 0 Å². The Labute approximate surface area is 101 Å². The first-order chi connectivity index (χ1) is 8.14. The van der Waals surface area contributed by atoms with Gasteiger partial charge in [0.1, 0.15) is 18.3 Å². The predicted molar refractivity (Wildman–Crippen MR) is 58.7 cm³/mol. The smallest absolute Gasteiger partial charge is 0.163 e. The third-order valence-electron chi connectivity index (χ3n) is 3.37. The first kappa shape index (κ1) is 11.9. The molecule has 0 spiro atoms. The second kappa shape index (κ2) is 4.48. The molecule has 0 radical (unpaired) electrons. The highest BCUT2D eigenvalue weighted by atomic mass is 16.8. The van der Waals surface area contributed by atoms with Crippen LogP contribution in [0.1, 0.15) is 20.3 Å². The molecule has 3 saturated heterocycles. The maximum atomic E-state index is 5.83. The van der Waals surface area contributed by atoms with Crippen LogP contribution in [0, 0.1) is 0 Å². The van der Waals surface area contributed by atoms with Crippen molar-refractivity contribution in [2.24, 2.45) is 0 Å². The van der Waals surface area contributed by atoms with Crippen molar-refractivity contribution in [3.63, 3.8) is 0 Å². The van der Waals surface area contributed by atoms with Crippen LogP contribution in [0.2, 0.25) is 0 Å². The second-order valence-electron chi connectivity index (χ2n) is 5.32. The molecule has 0 aromatic rings. The van der Waals surface area contributed by atoms with Crippen LogP contribution in [-0.2, 0) is 23.7 Å². The molecule has 0 N–H and O–H groups in total. The summed E-state index contributed by atoms with van der Waals surface area (Å²) < 4.78 is 28.1. The highest BCUT2D eigenvalue weighted by molar-refractivity contribution is 4.88. The minimum Gasteiger partial charge on any atom is -0.373 e. The number of epoxide rings is 1. The number of rotatable bonds is 4. The highest BCUT2D eigenvalue weighted by Crippen LogP contribution is 2.31. The minimum atomic E-state index is -0.499. The van der Waals surface area contributed by atoms with E-state index in [0.29, 0.717) is 19.3 Å². The second-order valence-corrected chi connectivity index (χ2v) is 5.32. The van der Waals surface area contributed by atoms with E-state index in [1.54, 1.807) is 0 Å². The van der Waals surface area contributed by atoms with Gasteiger partial charge in [-0.1, -0.05) is 0 Å². The molecule has 0 aromatic heterocycles. The maximum Gasteiger partial charge on any atom is 0.163 e. The Balaban J connectivity index is 1.53. The average Bonchev–Trinajstić information content (AvgIpc) is 2.87. The molecule has 3 aliphatic heterocycles. The molecule has 3 heterocycles. The van der Waals surface area contributed by atoms with E-state index in [-0.39, 0.29) is 18.3 Å². The molecule has 4 atom stereocenters. The summed E-state index contributed by atoms with van der Waals surface area (Å²) >= 11 is 0. The maximum absolute atomic E-state index is 5.83. The van der Waals surface area contributed by atoms with Crippen LogP contribution in [0.15, 0.2) is 0 Å². The van der Waals surface area contributed by atoms with Gasteiger partial charge in [-0.3, -0.25) is 0 Å². The van der Waals surface area contributed by atoms with Crippen LogP contribution in [0.5, 0.6) is 0 Å². The summed E-state index contributed by atoms with van der Waals surface area (Å²) in [6.45, 7) is 6.67. The van der Waals surface area contributed by atoms with Gasteiger partial charge >= 0.3 is 0 Å². The molecule has 0 saturated carbocycles. The lowest BCUT2D eigenvalue weighted by Crippen LogP contribution is -2.39. The molecule has 0 aliphatic carbocycles. The van der Waals surface area contributed by atoms with Crippen LogP contribution < -0.4 is 0 Å². The largest absolute Gasteiger partial charge is 0.373 e. The highest BCUT2D eigenvalue weighted by Gasteiger charge is 2.44. The van der Waals surface area contributed by atoms with E-state index in [2.05, 4.69) is 0 Å². The van der Waals surface area contributed by atoms with E-state index in [0.717, 1.165) is 19.6 Å². The van der Waals surface area contributed by atoms with Gasteiger partial charge in [0.25, 0.3) is 0 Å². The topological polar surface area (TPSA) is 49.5 Å². The van der Waals surface area contributed by atoms with Crippen LogP contribution in [0.3, 0.4) is 0 Å². The van der Waals surface area contributed by atoms with Crippen molar-refractivity contribution >= 4 is 0 Å². The summed E-state index contributed by atoms with van der Waals surface area (Å²) in [6.07, 6.45) is 1.32. The molecular formula is C12H20O5. The summed E-state index contributed by atoms with van der Waals surface area (Å²) in [7, 11) is 0. The summed E-state index contributed by atoms with van der Waals surface area (Å²) in [5.41, 5.74) is 0. The molecular weight excluding hydrogens is 224 g/mol. The normalized spacial score (nSPS) is 44.1. The van der Waals surface area contributed by atoms with Gasteiger partial charge in [0, 0.05) is 6.61 Å². The first-order valence-corrected chi connectivity index (χ1v) is 6.31. The van der Waals surface area contributed by atoms with E-state index < -0.39 is 5.79 Å². The molecule has 1 unspecified atom stereocenters. The number of ether oxygens (including phenoxy) is 5. The van der Waals surface area contributed by atoms with Crippen molar-refractivity contribution in [2.75, 3.05) is 26.4 Å². The summed E-state index contributed by atoms with van der Waals surface area (Å²) in [5, 5.41) is 0. The van der Waals surface area contributed by atoms with E-state index in [4.69, 9.17) is 23.7 Å². The van der Waals surface area contributed by atoms with E-state index >= 15 is 0 Å². The first-order valence-electron chi connectivity index (χ1n) is 6.31. The molecule has 5 nitrogen and oxygen atoms in total. The third-order valence-corrected chi connectivity index (χ3v) is 3.37. The van der Waals surface area contributed by atoms with Gasteiger partial charge < -0.3 is 23.7 Å². The Morgan fingerprint density at radius 1 is 1.24 bits per heavy atom. The van der Waals surface area contributed by atoms with Crippen molar-refractivity contribution in [3.05, 3.63) is 0 Å². The fourth-order valence-corrected chi connectivity index (χ4v) is 2.39. The van der Waals surface area contributed by atoms with Crippen LogP contribution in [0.4, 0.5) is 0 Å². The Morgan fingerprint density at radius 2 is 2.06 bits per heavy atom. The Morgan fingerprint density at radius 3 is 2.71 bits per heavy atom. The lowest BCUT2D eigenvalue weighted by molar-refractivity contribution is -0.161. The van der Waals surface area contributed by atoms with E-state index in [1.165, 1.54) is 0 Å². The zero-order valence-corrected chi connectivity index (χ0v) is 10.4. The fraction of sp³-hybridized carbons (Fsp3) is 1.00. The van der Waals surface area contributed by atoms with Crippen molar-refractivity contribution in [1.29, 1.82) is 0 Å². The number of hydrogen-bond donors (Lipinski definition) is 0. The van der Waals surface area contributed by atoms with Gasteiger partial charge in [-0.2, -0.15) is 0 Å². The summed E-state index contributed by atoms with van der Waals surface area (Å²) in [4.78, 5) is 0. The molecule has 0 amide bonds. The molecule has 5 heteroatoms.